The van der Waals surface area contributed by atoms with Crippen molar-refractivity contribution in [2.75, 3.05) is 39.3 Å². The minimum atomic E-state index is 0.487. The summed E-state index contributed by atoms with van der Waals surface area (Å²) in [6.07, 6.45) is 3.33. The topological polar surface area (TPSA) is 24.9 Å². The van der Waals surface area contributed by atoms with Crippen molar-refractivity contribution >= 4 is 23.0 Å². The van der Waals surface area contributed by atoms with E-state index >= 15 is 0 Å². The second-order valence-electron chi connectivity index (χ2n) is 5.66. The lowest BCUT2D eigenvalue weighted by Crippen LogP contribution is -2.56. The van der Waals surface area contributed by atoms with Crippen molar-refractivity contribution in [3.05, 3.63) is 0 Å². The molecule has 0 aromatic rings. The lowest BCUT2D eigenvalue weighted by atomic mass is 10.1. The van der Waals surface area contributed by atoms with Gasteiger partial charge in [0.25, 0.3) is 0 Å². The Balaban J connectivity index is 1.57. The summed E-state index contributed by atoms with van der Waals surface area (Å²) in [5.74, 6) is 0. The van der Waals surface area contributed by atoms with Crippen LogP contribution >= 0.6 is 23.0 Å². The van der Waals surface area contributed by atoms with Gasteiger partial charge >= 0.3 is 0 Å². The van der Waals surface area contributed by atoms with Gasteiger partial charge in [-0.2, -0.15) is 0 Å². The molecule has 0 N–H and O–H groups in total. The minimum Gasteiger partial charge on any atom is -0.372 e. The molecule has 0 saturated carbocycles. The monoisotopic (exact) mass is 368 g/mol. The van der Waals surface area contributed by atoms with Gasteiger partial charge in [-0.05, 0) is 26.7 Å². The quantitative estimate of drug-likeness (QED) is 0.669. The van der Waals surface area contributed by atoms with Crippen molar-refractivity contribution in [3.8, 4) is 0 Å². The largest absolute Gasteiger partial charge is 0.372 e. The second-order valence-corrected chi connectivity index (χ2v) is 6.28. The molecule has 2 aliphatic rings. The SMILES string of the molecule is CC(C)N1CC(OC2CCN(CCOI)CC2)C1. The summed E-state index contributed by atoms with van der Waals surface area (Å²) in [6.45, 7) is 11.0. The van der Waals surface area contributed by atoms with E-state index in [1.54, 1.807) is 0 Å². The molecule has 2 aliphatic heterocycles. The Morgan fingerprint density at radius 3 is 2.39 bits per heavy atom. The second kappa shape index (κ2) is 7.38. The van der Waals surface area contributed by atoms with Crippen LogP contribution in [0.2, 0.25) is 0 Å². The molecule has 2 saturated heterocycles. The summed E-state index contributed by atoms with van der Waals surface area (Å²) in [6, 6.07) is 0.667. The predicted octanol–water partition coefficient (Wildman–Crippen LogP) is 1.93. The van der Waals surface area contributed by atoms with Crippen LogP contribution in [0.5, 0.6) is 0 Å². The van der Waals surface area contributed by atoms with E-state index in [4.69, 9.17) is 7.80 Å². The lowest BCUT2D eigenvalue weighted by Gasteiger charge is -2.44. The first-order valence-electron chi connectivity index (χ1n) is 7.04. The maximum absolute atomic E-state index is 6.16. The number of nitrogens with zero attached hydrogens (tertiary/aromatic N) is 2. The van der Waals surface area contributed by atoms with E-state index in [0.717, 1.165) is 39.3 Å². The van der Waals surface area contributed by atoms with E-state index < -0.39 is 0 Å². The van der Waals surface area contributed by atoms with Crippen LogP contribution < -0.4 is 0 Å². The van der Waals surface area contributed by atoms with Gasteiger partial charge in [0.2, 0.25) is 0 Å². The van der Waals surface area contributed by atoms with E-state index in [0.29, 0.717) is 18.2 Å². The number of hydrogen-bond donors (Lipinski definition) is 0. The van der Waals surface area contributed by atoms with Gasteiger partial charge in [0.15, 0.2) is 0 Å². The van der Waals surface area contributed by atoms with Crippen LogP contribution in [0.3, 0.4) is 0 Å². The van der Waals surface area contributed by atoms with Crippen LogP contribution in [0.15, 0.2) is 0 Å². The fraction of sp³-hybridized carbons (Fsp3) is 1.00. The Bertz CT molecular complexity index is 239. The Morgan fingerprint density at radius 1 is 1.17 bits per heavy atom. The average molecular weight is 368 g/mol. The molecule has 0 aliphatic carbocycles. The highest BCUT2D eigenvalue weighted by Gasteiger charge is 2.32. The first-order chi connectivity index (χ1) is 8.69. The number of halogens is 1. The summed E-state index contributed by atoms with van der Waals surface area (Å²) in [7, 11) is 0. The highest BCUT2D eigenvalue weighted by atomic mass is 127. The third-order valence-corrected chi connectivity index (χ3v) is 4.45. The molecule has 0 aromatic heterocycles. The van der Waals surface area contributed by atoms with Gasteiger partial charge < -0.3 is 12.7 Å². The molecule has 0 amide bonds. The fourth-order valence-corrected chi connectivity index (χ4v) is 2.88. The van der Waals surface area contributed by atoms with Gasteiger partial charge in [-0.1, -0.05) is 0 Å². The third kappa shape index (κ3) is 4.30. The Morgan fingerprint density at radius 2 is 1.83 bits per heavy atom. The van der Waals surface area contributed by atoms with E-state index in [2.05, 4.69) is 23.6 Å². The standard InChI is InChI=1S/C13H25IN2O2/c1-11(2)16-9-13(10-16)18-12-3-5-15(6-4-12)7-8-17-14/h11-13H,3-10H2,1-2H3. The molecule has 0 radical (unpaired) electrons. The Hall–Kier alpha value is 0.570. The molecule has 2 fully saturated rings. The number of likely N-dealkylation sites (tertiary alicyclic amines) is 2. The molecule has 0 bridgehead atoms. The Kier molecular flexibility index (Phi) is 6.14. The molecular weight excluding hydrogens is 343 g/mol. The normalized spacial score (nSPS) is 24.7. The van der Waals surface area contributed by atoms with Crippen LogP contribution in [0, 0.1) is 0 Å². The van der Waals surface area contributed by atoms with Crippen molar-refractivity contribution in [1.29, 1.82) is 0 Å². The van der Waals surface area contributed by atoms with Crippen LogP contribution in [0.1, 0.15) is 26.7 Å². The van der Waals surface area contributed by atoms with E-state index in [1.807, 2.05) is 23.0 Å². The van der Waals surface area contributed by atoms with Crippen LogP contribution in [-0.2, 0) is 7.80 Å². The third-order valence-electron chi connectivity index (χ3n) is 4.01. The van der Waals surface area contributed by atoms with Crippen LogP contribution in [0.25, 0.3) is 0 Å². The van der Waals surface area contributed by atoms with Crippen molar-refractivity contribution in [2.45, 2.75) is 44.9 Å². The summed E-state index contributed by atoms with van der Waals surface area (Å²) in [4.78, 5) is 4.94. The van der Waals surface area contributed by atoms with Crippen LogP contribution in [0.4, 0.5) is 0 Å². The fourth-order valence-electron chi connectivity index (χ4n) is 2.68. The predicted molar refractivity (Wildman–Crippen MR) is 81.0 cm³/mol. The molecule has 0 aromatic carbocycles. The van der Waals surface area contributed by atoms with E-state index in [9.17, 15) is 0 Å². The van der Waals surface area contributed by atoms with E-state index in [-0.39, 0.29) is 0 Å². The van der Waals surface area contributed by atoms with Crippen molar-refractivity contribution in [3.63, 3.8) is 0 Å². The number of ether oxygens (including phenoxy) is 1. The van der Waals surface area contributed by atoms with Gasteiger partial charge in [0.1, 0.15) is 23.0 Å². The van der Waals surface area contributed by atoms with Crippen molar-refractivity contribution in [1.82, 2.24) is 9.80 Å². The molecule has 18 heavy (non-hydrogen) atoms. The highest BCUT2D eigenvalue weighted by molar-refractivity contribution is 14.1. The molecule has 4 nitrogen and oxygen atoms in total. The zero-order valence-corrected chi connectivity index (χ0v) is 13.6. The molecular formula is C13H25IN2O2. The van der Waals surface area contributed by atoms with E-state index in [1.165, 1.54) is 12.8 Å². The molecule has 0 spiro atoms. The van der Waals surface area contributed by atoms with Gasteiger partial charge in [0.05, 0.1) is 18.8 Å². The smallest absolute Gasteiger partial charge is 0.109 e. The molecule has 2 rings (SSSR count). The van der Waals surface area contributed by atoms with Gasteiger partial charge in [-0.25, -0.2) is 0 Å². The highest BCUT2D eigenvalue weighted by Crippen LogP contribution is 2.21. The van der Waals surface area contributed by atoms with Gasteiger partial charge in [-0.15, -0.1) is 0 Å². The number of hydrogen-bond acceptors (Lipinski definition) is 4. The van der Waals surface area contributed by atoms with Crippen LogP contribution in [-0.4, -0.2) is 67.4 Å². The molecule has 0 unspecified atom stereocenters. The number of rotatable bonds is 6. The Labute approximate surface area is 125 Å². The zero-order chi connectivity index (χ0) is 13.0. The average Bonchev–Trinajstić information content (AvgIpc) is 2.31. The molecule has 0 atom stereocenters. The van der Waals surface area contributed by atoms with Gasteiger partial charge in [-0.3, -0.25) is 4.90 Å². The first kappa shape index (κ1) is 15.0. The van der Waals surface area contributed by atoms with Gasteiger partial charge in [0, 0.05) is 38.8 Å². The zero-order valence-electron chi connectivity index (χ0n) is 11.5. The lowest BCUT2D eigenvalue weighted by molar-refractivity contribution is -0.114. The summed E-state index contributed by atoms with van der Waals surface area (Å²) < 4.78 is 11.2. The van der Waals surface area contributed by atoms with Crippen molar-refractivity contribution < 1.29 is 7.80 Å². The summed E-state index contributed by atoms with van der Waals surface area (Å²) in [5, 5.41) is 0. The summed E-state index contributed by atoms with van der Waals surface area (Å²) >= 11 is 1.97. The molecule has 106 valence electrons. The number of piperidine rings is 1. The summed E-state index contributed by atoms with van der Waals surface area (Å²) in [5.41, 5.74) is 0. The molecule has 5 heteroatoms. The van der Waals surface area contributed by atoms with Crippen molar-refractivity contribution in [2.24, 2.45) is 0 Å². The minimum absolute atomic E-state index is 0.487. The molecule has 2 heterocycles. The maximum atomic E-state index is 6.16. The first-order valence-corrected chi connectivity index (χ1v) is 7.92. The maximum Gasteiger partial charge on any atom is 0.109 e.